The molecule has 0 atom stereocenters. The van der Waals surface area contributed by atoms with E-state index in [4.69, 9.17) is 4.74 Å². The van der Waals surface area contributed by atoms with Gasteiger partial charge in [-0.15, -0.1) is 0 Å². The Kier molecular flexibility index (Phi) is 6.62. The molecule has 3 nitrogen and oxygen atoms in total. The maximum absolute atomic E-state index is 12.9. The second-order valence-electron chi connectivity index (χ2n) is 7.19. The number of nitrogens with zero attached hydrogens (tertiary/aromatic N) is 2. The molecule has 2 aromatic rings. The number of methoxy groups -OCH3 is 1. The number of hydrogen-bond donors (Lipinski definition) is 0. The first-order valence-corrected chi connectivity index (χ1v) is 9.42. The van der Waals surface area contributed by atoms with Gasteiger partial charge in [-0.25, -0.2) is 0 Å². The van der Waals surface area contributed by atoms with Crippen LogP contribution in [0.5, 0.6) is 5.75 Å². The van der Waals surface area contributed by atoms with E-state index in [9.17, 15) is 26.3 Å². The van der Waals surface area contributed by atoms with Crippen LogP contribution in [0.4, 0.5) is 26.3 Å². The third-order valence-corrected chi connectivity index (χ3v) is 5.18. The molecule has 0 spiro atoms. The van der Waals surface area contributed by atoms with Crippen molar-refractivity contribution in [3.05, 3.63) is 54.1 Å². The Balaban J connectivity index is 1.67. The molecule has 0 aromatic heterocycles. The van der Waals surface area contributed by atoms with E-state index >= 15 is 0 Å². The number of hydrogen-bond acceptors (Lipinski definition) is 3. The summed E-state index contributed by atoms with van der Waals surface area (Å²) in [5, 5.41) is 0. The monoisotopic (exact) mass is 432 g/mol. The molecular formula is C21H22F6N2O. The second kappa shape index (κ2) is 8.85. The molecule has 0 amide bonds. The van der Waals surface area contributed by atoms with Crippen molar-refractivity contribution in [3.63, 3.8) is 0 Å². The highest BCUT2D eigenvalue weighted by Gasteiger charge is 2.59. The molecule has 0 unspecified atom stereocenters. The molecule has 0 aliphatic carbocycles. The van der Waals surface area contributed by atoms with Crippen LogP contribution in [-0.2, 0) is 6.54 Å². The number of piperazine rings is 1. The zero-order chi connectivity index (χ0) is 21.9. The van der Waals surface area contributed by atoms with Gasteiger partial charge in [-0.05, 0) is 17.2 Å². The molecule has 30 heavy (non-hydrogen) atoms. The summed E-state index contributed by atoms with van der Waals surface area (Å²) in [4.78, 5) is 2.30. The summed E-state index contributed by atoms with van der Waals surface area (Å²) in [5.41, 5.74) is 2.80. The lowest BCUT2D eigenvalue weighted by molar-refractivity contribution is -0.289. The zero-order valence-electron chi connectivity index (χ0n) is 16.3. The molecule has 3 rings (SSSR count). The molecule has 0 radical (unpaired) electrons. The summed E-state index contributed by atoms with van der Waals surface area (Å²) in [6, 6.07) is 11.9. The fourth-order valence-electron chi connectivity index (χ4n) is 3.71. The predicted molar refractivity (Wildman–Crippen MR) is 101 cm³/mol. The van der Waals surface area contributed by atoms with E-state index in [0.29, 0.717) is 17.2 Å². The lowest BCUT2D eigenvalue weighted by Gasteiger charge is -2.40. The third-order valence-electron chi connectivity index (χ3n) is 5.18. The molecule has 1 aliphatic heterocycles. The standard InChI is InChI=1S/C21H22F6N2O/c1-30-18-13-16(15-5-3-2-4-6-15)7-8-17(18)14-28-9-11-29(12-10-28)19(20(22,23)24)21(25,26)27/h2-8,13,19H,9-12,14H2,1H3. The Morgan fingerprint density at radius 3 is 1.97 bits per heavy atom. The van der Waals surface area contributed by atoms with E-state index in [-0.39, 0.29) is 26.2 Å². The quantitative estimate of drug-likeness (QED) is 0.621. The van der Waals surface area contributed by atoms with Gasteiger partial charge in [-0.1, -0.05) is 42.5 Å². The number of alkyl halides is 6. The highest BCUT2D eigenvalue weighted by Crippen LogP contribution is 2.37. The second-order valence-corrected chi connectivity index (χ2v) is 7.19. The van der Waals surface area contributed by atoms with Gasteiger partial charge in [0.2, 0.25) is 6.04 Å². The predicted octanol–water partition coefficient (Wildman–Crippen LogP) is 4.97. The highest BCUT2D eigenvalue weighted by molar-refractivity contribution is 5.66. The average molecular weight is 432 g/mol. The fourth-order valence-corrected chi connectivity index (χ4v) is 3.71. The van der Waals surface area contributed by atoms with E-state index in [1.165, 1.54) is 7.11 Å². The van der Waals surface area contributed by atoms with Gasteiger partial charge in [-0.3, -0.25) is 9.80 Å². The van der Waals surface area contributed by atoms with E-state index in [0.717, 1.165) is 16.7 Å². The van der Waals surface area contributed by atoms with Crippen LogP contribution in [0.2, 0.25) is 0 Å². The maximum atomic E-state index is 12.9. The molecule has 1 saturated heterocycles. The number of ether oxygens (including phenoxy) is 1. The van der Waals surface area contributed by atoms with Crippen LogP contribution in [0.1, 0.15) is 5.56 Å². The zero-order valence-corrected chi connectivity index (χ0v) is 16.3. The Hall–Kier alpha value is -2.26. The van der Waals surface area contributed by atoms with E-state index in [1.807, 2.05) is 53.4 Å². The summed E-state index contributed by atoms with van der Waals surface area (Å²) in [7, 11) is 1.53. The van der Waals surface area contributed by atoms with Crippen LogP contribution in [0.15, 0.2) is 48.5 Å². The molecule has 0 bridgehead atoms. The summed E-state index contributed by atoms with van der Waals surface area (Å²) >= 11 is 0. The first-order chi connectivity index (χ1) is 14.1. The number of benzene rings is 2. The van der Waals surface area contributed by atoms with Gasteiger partial charge < -0.3 is 4.74 Å². The molecule has 1 heterocycles. The normalized spacial score (nSPS) is 16.8. The molecule has 0 N–H and O–H groups in total. The fraction of sp³-hybridized carbons (Fsp3) is 0.429. The first kappa shape index (κ1) is 22.4. The van der Waals surface area contributed by atoms with Gasteiger partial charge in [0.1, 0.15) is 5.75 Å². The summed E-state index contributed by atoms with van der Waals surface area (Å²) in [6.07, 6.45) is -10.7. The van der Waals surface area contributed by atoms with Crippen molar-refractivity contribution in [1.82, 2.24) is 9.80 Å². The van der Waals surface area contributed by atoms with Gasteiger partial charge in [0, 0.05) is 38.3 Å². The minimum Gasteiger partial charge on any atom is -0.496 e. The molecule has 9 heteroatoms. The van der Waals surface area contributed by atoms with Crippen LogP contribution in [0.25, 0.3) is 11.1 Å². The Bertz CT molecular complexity index is 816. The van der Waals surface area contributed by atoms with Gasteiger partial charge in [0.05, 0.1) is 7.11 Å². The highest BCUT2D eigenvalue weighted by atomic mass is 19.4. The maximum Gasteiger partial charge on any atom is 0.412 e. The van der Waals surface area contributed by atoms with E-state index < -0.39 is 18.4 Å². The van der Waals surface area contributed by atoms with Crippen LogP contribution in [0.3, 0.4) is 0 Å². The largest absolute Gasteiger partial charge is 0.496 e. The van der Waals surface area contributed by atoms with Crippen molar-refractivity contribution in [2.45, 2.75) is 24.9 Å². The van der Waals surface area contributed by atoms with Gasteiger partial charge in [0.15, 0.2) is 0 Å². The molecular weight excluding hydrogens is 410 g/mol. The third kappa shape index (κ3) is 5.26. The van der Waals surface area contributed by atoms with Crippen molar-refractivity contribution in [2.75, 3.05) is 33.3 Å². The summed E-state index contributed by atoms with van der Waals surface area (Å²) in [6.45, 7) is -0.0323. The van der Waals surface area contributed by atoms with Crippen molar-refractivity contribution < 1.29 is 31.1 Å². The Morgan fingerprint density at radius 2 is 1.43 bits per heavy atom. The van der Waals surface area contributed by atoms with Crippen LogP contribution in [0, 0.1) is 0 Å². The van der Waals surface area contributed by atoms with Gasteiger partial charge in [0.25, 0.3) is 0 Å². The van der Waals surface area contributed by atoms with E-state index in [2.05, 4.69) is 0 Å². The molecule has 1 aliphatic rings. The minimum absolute atomic E-state index is 0.103. The summed E-state index contributed by atoms with van der Waals surface area (Å²) in [5.74, 6) is 0.627. The average Bonchev–Trinajstić information content (AvgIpc) is 2.68. The molecule has 2 aromatic carbocycles. The SMILES string of the molecule is COc1cc(-c2ccccc2)ccc1CN1CCN(C(C(F)(F)F)C(F)(F)F)CC1. The molecule has 164 valence electrons. The topological polar surface area (TPSA) is 15.7 Å². The Labute approximate surface area is 170 Å². The van der Waals surface area contributed by atoms with Crippen molar-refractivity contribution in [2.24, 2.45) is 0 Å². The summed E-state index contributed by atoms with van der Waals surface area (Å²) < 4.78 is 83.0. The lowest BCUT2D eigenvalue weighted by atomic mass is 10.0. The Morgan fingerprint density at radius 1 is 0.833 bits per heavy atom. The number of halogens is 6. The molecule has 1 fully saturated rings. The van der Waals surface area contributed by atoms with Crippen LogP contribution < -0.4 is 4.74 Å². The van der Waals surface area contributed by atoms with Gasteiger partial charge in [-0.2, -0.15) is 26.3 Å². The van der Waals surface area contributed by atoms with Crippen LogP contribution in [-0.4, -0.2) is 61.5 Å². The van der Waals surface area contributed by atoms with Crippen molar-refractivity contribution in [1.29, 1.82) is 0 Å². The minimum atomic E-state index is -5.35. The molecule has 0 saturated carbocycles. The van der Waals surface area contributed by atoms with Crippen molar-refractivity contribution in [3.8, 4) is 16.9 Å². The van der Waals surface area contributed by atoms with E-state index in [1.54, 1.807) is 0 Å². The van der Waals surface area contributed by atoms with Crippen LogP contribution >= 0.6 is 0 Å². The number of rotatable bonds is 5. The smallest absolute Gasteiger partial charge is 0.412 e. The van der Waals surface area contributed by atoms with Gasteiger partial charge >= 0.3 is 12.4 Å². The first-order valence-electron chi connectivity index (χ1n) is 9.42. The van der Waals surface area contributed by atoms with Crippen molar-refractivity contribution >= 4 is 0 Å². The lowest BCUT2D eigenvalue weighted by Crippen LogP contribution is -2.60.